The highest BCUT2D eigenvalue weighted by atomic mass is 15.2. The van der Waals surface area contributed by atoms with Gasteiger partial charge in [-0.1, -0.05) is 19.1 Å². The second-order valence-electron chi connectivity index (χ2n) is 5.75. The second kappa shape index (κ2) is 5.33. The van der Waals surface area contributed by atoms with Gasteiger partial charge in [-0.25, -0.2) is 0 Å². The first-order chi connectivity index (χ1) is 7.44. The van der Waals surface area contributed by atoms with Gasteiger partial charge in [0.1, 0.15) is 0 Å². The Hall–Kier alpha value is -0.340. The molecule has 1 atom stereocenters. The summed E-state index contributed by atoms with van der Waals surface area (Å²) in [5.74, 6) is 0.885. The molecule has 0 aromatic carbocycles. The van der Waals surface area contributed by atoms with Gasteiger partial charge in [0, 0.05) is 11.6 Å². The molecular weight excluding hydrogens is 196 g/mol. The standard InChI is InChI=1S/C14H28N2/c1-11(2)13(15-4)14(16(5)6)9-7-12(3)8-10-14/h12-13,15H,1,7-10H2,2-6H3. The number of nitrogens with zero attached hydrogens (tertiary/aromatic N) is 1. The Morgan fingerprint density at radius 3 is 2.19 bits per heavy atom. The molecule has 1 fully saturated rings. The Morgan fingerprint density at radius 1 is 1.38 bits per heavy atom. The zero-order valence-electron chi connectivity index (χ0n) is 11.6. The van der Waals surface area contributed by atoms with Crippen molar-refractivity contribution in [3.8, 4) is 0 Å². The summed E-state index contributed by atoms with van der Waals surface area (Å²) in [7, 11) is 6.48. The molecule has 2 nitrogen and oxygen atoms in total. The predicted octanol–water partition coefficient (Wildman–Crippen LogP) is 2.66. The van der Waals surface area contributed by atoms with Crippen LogP contribution < -0.4 is 5.32 Å². The number of hydrogen-bond donors (Lipinski definition) is 1. The van der Waals surface area contributed by atoms with Crippen molar-refractivity contribution in [2.24, 2.45) is 5.92 Å². The molecule has 0 spiro atoms. The maximum Gasteiger partial charge on any atom is 0.0458 e. The lowest BCUT2D eigenvalue weighted by atomic mass is 9.70. The van der Waals surface area contributed by atoms with Crippen LogP contribution in [0.4, 0.5) is 0 Å². The van der Waals surface area contributed by atoms with Crippen LogP contribution in [0.3, 0.4) is 0 Å². The molecule has 1 aliphatic rings. The van der Waals surface area contributed by atoms with Gasteiger partial charge in [-0.2, -0.15) is 0 Å². The first kappa shape index (κ1) is 13.7. The van der Waals surface area contributed by atoms with Crippen LogP contribution in [-0.2, 0) is 0 Å². The molecule has 0 radical (unpaired) electrons. The van der Waals surface area contributed by atoms with E-state index in [1.807, 2.05) is 0 Å². The van der Waals surface area contributed by atoms with Crippen LogP contribution in [-0.4, -0.2) is 37.6 Å². The molecule has 1 rings (SSSR count). The molecule has 1 N–H and O–H groups in total. The molecule has 0 saturated heterocycles. The van der Waals surface area contributed by atoms with Gasteiger partial charge in [0.05, 0.1) is 0 Å². The van der Waals surface area contributed by atoms with Crippen LogP contribution in [0.15, 0.2) is 12.2 Å². The quantitative estimate of drug-likeness (QED) is 0.739. The zero-order chi connectivity index (χ0) is 12.3. The fraction of sp³-hybridized carbons (Fsp3) is 0.857. The van der Waals surface area contributed by atoms with E-state index in [4.69, 9.17) is 0 Å². The minimum Gasteiger partial charge on any atom is -0.312 e. The smallest absolute Gasteiger partial charge is 0.0458 e. The van der Waals surface area contributed by atoms with E-state index >= 15 is 0 Å². The van der Waals surface area contributed by atoms with Crippen LogP contribution in [0, 0.1) is 5.92 Å². The van der Waals surface area contributed by atoms with Crippen molar-refractivity contribution < 1.29 is 0 Å². The largest absolute Gasteiger partial charge is 0.312 e. The van der Waals surface area contributed by atoms with Crippen molar-refractivity contribution in [1.29, 1.82) is 0 Å². The van der Waals surface area contributed by atoms with Crippen molar-refractivity contribution in [3.63, 3.8) is 0 Å². The molecule has 16 heavy (non-hydrogen) atoms. The molecule has 0 aromatic rings. The molecule has 1 unspecified atom stereocenters. The third-order valence-corrected chi connectivity index (χ3v) is 4.35. The van der Waals surface area contributed by atoms with Crippen molar-refractivity contribution in [3.05, 3.63) is 12.2 Å². The molecule has 2 heteroatoms. The number of nitrogens with one attached hydrogen (secondary N) is 1. The lowest BCUT2D eigenvalue weighted by molar-refractivity contribution is 0.0579. The highest BCUT2D eigenvalue weighted by molar-refractivity contribution is 5.15. The maximum absolute atomic E-state index is 4.16. The summed E-state index contributed by atoms with van der Waals surface area (Å²) in [6, 6.07) is 0.412. The van der Waals surface area contributed by atoms with Crippen molar-refractivity contribution >= 4 is 0 Å². The van der Waals surface area contributed by atoms with E-state index < -0.39 is 0 Å². The van der Waals surface area contributed by atoms with E-state index in [0.29, 0.717) is 6.04 Å². The molecule has 1 saturated carbocycles. The van der Waals surface area contributed by atoms with Gasteiger partial charge < -0.3 is 10.2 Å². The molecule has 0 aromatic heterocycles. The summed E-state index contributed by atoms with van der Waals surface area (Å²) in [5.41, 5.74) is 1.53. The number of rotatable bonds is 4. The van der Waals surface area contributed by atoms with E-state index in [-0.39, 0.29) is 5.54 Å². The minimum atomic E-state index is 0.271. The average molecular weight is 224 g/mol. The Labute approximate surface area is 101 Å². The average Bonchev–Trinajstić information content (AvgIpc) is 2.21. The first-order valence-corrected chi connectivity index (χ1v) is 6.44. The molecule has 0 bridgehead atoms. The summed E-state index contributed by atoms with van der Waals surface area (Å²) in [5, 5.41) is 3.47. The van der Waals surface area contributed by atoms with Crippen LogP contribution in [0.1, 0.15) is 39.5 Å². The fourth-order valence-corrected chi connectivity index (χ4v) is 3.23. The second-order valence-corrected chi connectivity index (χ2v) is 5.75. The molecule has 0 aliphatic heterocycles. The van der Waals surface area contributed by atoms with E-state index in [1.165, 1.54) is 31.3 Å². The van der Waals surface area contributed by atoms with Gasteiger partial charge in [0.2, 0.25) is 0 Å². The van der Waals surface area contributed by atoms with E-state index in [9.17, 15) is 0 Å². The summed E-state index contributed by atoms with van der Waals surface area (Å²) in [6.45, 7) is 8.67. The lowest BCUT2D eigenvalue weighted by Crippen LogP contribution is -2.60. The lowest BCUT2D eigenvalue weighted by Gasteiger charge is -2.50. The minimum absolute atomic E-state index is 0.271. The van der Waals surface area contributed by atoms with E-state index in [1.54, 1.807) is 0 Å². The number of hydrogen-bond acceptors (Lipinski definition) is 2. The van der Waals surface area contributed by atoms with Gasteiger partial charge in [0.25, 0.3) is 0 Å². The van der Waals surface area contributed by atoms with E-state index in [2.05, 4.69) is 51.8 Å². The zero-order valence-corrected chi connectivity index (χ0v) is 11.6. The van der Waals surface area contributed by atoms with Gasteiger partial charge in [-0.05, 0) is 59.7 Å². The Balaban J connectivity index is 2.92. The topological polar surface area (TPSA) is 15.3 Å². The van der Waals surface area contributed by atoms with Crippen LogP contribution >= 0.6 is 0 Å². The fourth-order valence-electron chi connectivity index (χ4n) is 3.23. The monoisotopic (exact) mass is 224 g/mol. The van der Waals surface area contributed by atoms with Gasteiger partial charge >= 0.3 is 0 Å². The normalized spacial score (nSPS) is 32.8. The van der Waals surface area contributed by atoms with Crippen molar-refractivity contribution in [1.82, 2.24) is 10.2 Å². The number of likely N-dealkylation sites (N-methyl/N-ethyl adjacent to an activating group) is 2. The van der Waals surface area contributed by atoms with Crippen LogP contribution in [0.5, 0.6) is 0 Å². The Kier molecular flexibility index (Phi) is 4.57. The van der Waals surface area contributed by atoms with Gasteiger partial charge in [0.15, 0.2) is 0 Å². The highest BCUT2D eigenvalue weighted by Gasteiger charge is 2.42. The highest BCUT2D eigenvalue weighted by Crippen LogP contribution is 2.39. The summed E-state index contributed by atoms with van der Waals surface area (Å²) >= 11 is 0. The first-order valence-electron chi connectivity index (χ1n) is 6.44. The summed E-state index contributed by atoms with van der Waals surface area (Å²) < 4.78 is 0. The molecular formula is C14H28N2. The SMILES string of the molecule is C=C(C)C(NC)C1(N(C)C)CCC(C)CC1. The maximum atomic E-state index is 4.16. The van der Waals surface area contributed by atoms with Crippen LogP contribution in [0.2, 0.25) is 0 Å². The molecule has 94 valence electrons. The summed E-state index contributed by atoms with van der Waals surface area (Å²) in [6.07, 6.45) is 5.23. The Morgan fingerprint density at radius 2 is 1.88 bits per heavy atom. The van der Waals surface area contributed by atoms with Crippen molar-refractivity contribution in [2.75, 3.05) is 21.1 Å². The summed E-state index contributed by atoms with van der Waals surface area (Å²) in [4.78, 5) is 2.41. The van der Waals surface area contributed by atoms with E-state index in [0.717, 1.165) is 5.92 Å². The molecule has 1 aliphatic carbocycles. The third-order valence-electron chi connectivity index (χ3n) is 4.35. The molecule has 0 heterocycles. The predicted molar refractivity (Wildman–Crippen MR) is 71.7 cm³/mol. The van der Waals surface area contributed by atoms with Gasteiger partial charge in [-0.15, -0.1) is 0 Å². The van der Waals surface area contributed by atoms with Crippen LogP contribution in [0.25, 0.3) is 0 Å². The third kappa shape index (κ3) is 2.49. The molecule has 0 amide bonds. The van der Waals surface area contributed by atoms with Crippen molar-refractivity contribution in [2.45, 2.75) is 51.1 Å². The Bertz CT molecular complexity index is 237. The van der Waals surface area contributed by atoms with Gasteiger partial charge in [-0.3, -0.25) is 0 Å².